The van der Waals surface area contributed by atoms with E-state index in [1.54, 1.807) is 0 Å². The highest BCUT2D eigenvalue weighted by atomic mass is 15.8. The van der Waals surface area contributed by atoms with Gasteiger partial charge >= 0.3 is 0 Å². The molecule has 0 radical (unpaired) electrons. The van der Waals surface area contributed by atoms with Crippen LogP contribution in [0.25, 0.3) is 22.2 Å². The molecule has 3 aromatic rings. The topological polar surface area (TPSA) is 110 Å². The van der Waals surface area contributed by atoms with Crippen LogP contribution in [0.4, 0.5) is 5.95 Å². The summed E-state index contributed by atoms with van der Waals surface area (Å²) in [5.74, 6) is 1.32. The molecule has 0 saturated carbocycles. The Hall–Kier alpha value is -3.10. The van der Waals surface area contributed by atoms with Crippen LogP contribution < -0.4 is 22.5 Å². The summed E-state index contributed by atoms with van der Waals surface area (Å²) >= 11 is 0. The second-order valence-electron chi connectivity index (χ2n) is 6.20. The number of anilines is 1. The Kier molecular flexibility index (Phi) is 4.19. The molecule has 2 heterocycles. The number of aryl methyl sites for hydroxylation is 1. The molecule has 0 unspecified atom stereocenters. The molecule has 2 aromatic carbocycles. The number of amidine groups is 1. The van der Waals surface area contributed by atoms with Crippen LogP contribution in [0.3, 0.4) is 0 Å². The lowest BCUT2D eigenvalue weighted by Gasteiger charge is -2.20. The van der Waals surface area contributed by atoms with Crippen molar-refractivity contribution < 1.29 is 0 Å². The lowest BCUT2D eigenvalue weighted by atomic mass is 9.97. The predicted octanol–water partition coefficient (Wildman–Crippen LogP) is 1.16. The maximum atomic E-state index is 6.02. The lowest BCUT2D eigenvalue weighted by molar-refractivity contribution is 0.293. The lowest BCUT2D eigenvalue weighted by Crippen LogP contribution is -2.42. The normalized spacial score (nSPS) is 13.9. The number of imidazole rings is 1. The van der Waals surface area contributed by atoms with E-state index in [0.29, 0.717) is 12.5 Å². The smallest absolute Gasteiger partial charge is 0.200 e. The molecule has 0 saturated heterocycles. The Balaban J connectivity index is 1.84. The van der Waals surface area contributed by atoms with Crippen LogP contribution in [-0.2, 0) is 7.05 Å². The summed E-state index contributed by atoms with van der Waals surface area (Å²) < 4.78 is 1.89. The number of hydrazone groups is 1. The Morgan fingerprint density at radius 3 is 2.62 bits per heavy atom. The number of aromatic nitrogens is 2. The Morgan fingerprint density at radius 1 is 1.04 bits per heavy atom. The van der Waals surface area contributed by atoms with Gasteiger partial charge in [-0.3, -0.25) is 5.01 Å². The number of hydrogen-bond donors (Lipinski definition) is 4. The van der Waals surface area contributed by atoms with Crippen LogP contribution in [0.15, 0.2) is 47.6 Å². The third-order valence-electron chi connectivity index (χ3n) is 4.59. The number of fused-ring (bicyclic) bond motifs is 1. The maximum absolute atomic E-state index is 6.02. The molecule has 8 heteroatoms. The molecular weight excluding hydrogens is 328 g/mol. The standard InChI is InChI=1S/C18H22N8/c1-25-15-9-4-8-13(16(15)21-18(25)20)12-6-2-3-7-14(12)17-22-23-24-26(17)11-5-10-19/h2-4,6-9,23-24H,5,10-11,19H2,1H3,(H2,20,21). The molecule has 0 fully saturated rings. The van der Waals surface area contributed by atoms with Gasteiger partial charge in [-0.05, 0) is 24.6 Å². The molecule has 0 bridgehead atoms. The van der Waals surface area contributed by atoms with E-state index in [-0.39, 0.29) is 0 Å². The second kappa shape index (κ2) is 6.66. The highest BCUT2D eigenvalue weighted by Gasteiger charge is 2.22. The zero-order valence-electron chi connectivity index (χ0n) is 14.6. The van der Waals surface area contributed by atoms with Crippen molar-refractivity contribution in [3.63, 3.8) is 0 Å². The third kappa shape index (κ3) is 2.65. The van der Waals surface area contributed by atoms with Gasteiger partial charge in [0.05, 0.1) is 11.0 Å². The molecule has 1 aliphatic rings. The van der Waals surface area contributed by atoms with E-state index >= 15 is 0 Å². The van der Waals surface area contributed by atoms with Gasteiger partial charge in [0.2, 0.25) is 5.95 Å². The zero-order valence-corrected chi connectivity index (χ0v) is 14.6. The molecule has 1 aliphatic heterocycles. The van der Waals surface area contributed by atoms with Crippen LogP contribution in [-0.4, -0.2) is 33.5 Å². The second-order valence-corrected chi connectivity index (χ2v) is 6.20. The first kappa shape index (κ1) is 16.4. The van der Waals surface area contributed by atoms with E-state index < -0.39 is 0 Å². The summed E-state index contributed by atoms with van der Waals surface area (Å²) in [7, 11) is 1.92. The fraction of sp³-hybridized carbons (Fsp3) is 0.222. The number of hydrogen-bond acceptors (Lipinski definition) is 7. The SMILES string of the molecule is Cn1c(N)nc2c(-c3ccccc3C3=NNNN3CCCN)cccc21. The van der Waals surface area contributed by atoms with Crippen molar-refractivity contribution in [2.75, 3.05) is 18.8 Å². The first-order valence-electron chi connectivity index (χ1n) is 8.57. The number of para-hydroxylation sites is 1. The zero-order chi connectivity index (χ0) is 18.1. The molecule has 0 atom stereocenters. The van der Waals surface area contributed by atoms with Gasteiger partial charge < -0.3 is 16.0 Å². The summed E-state index contributed by atoms with van der Waals surface area (Å²) in [6.07, 6.45) is 0.863. The van der Waals surface area contributed by atoms with Crippen molar-refractivity contribution in [1.29, 1.82) is 0 Å². The number of nitrogens with two attached hydrogens (primary N) is 2. The van der Waals surface area contributed by atoms with Crippen molar-refractivity contribution >= 4 is 22.8 Å². The van der Waals surface area contributed by atoms with E-state index in [1.807, 2.05) is 40.9 Å². The molecule has 0 aliphatic carbocycles. The Morgan fingerprint density at radius 2 is 1.81 bits per heavy atom. The van der Waals surface area contributed by atoms with Crippen LogP contribution in [0, 0.1) is 0 Å². The number of hydrazine groups is 2. The Labute approximate surface area is 151 Å². The minimum Gasteiger partial charge on any atom is -0.369 e. The summed E-state index contributed by atoms with van der Waals surface area (Å²) in [5.41, 5.74) is 22.5. The van der Waals surface area contributed by atoms with Crippen LogP contribution >= 0.6 is 0 Å². The molecule has 8 nitrogen and oxygen atoms in total. The minimum atomic E-state index is 0.496. The number of rotatable bonds is 5. The number of nitrogens with one attached hydrogen (secondary N) is 2. The van der Waals surface area contributed by atoms with Gasteiger partial charge in [-0.25, -0.2) is 10.5 Å². The van der Waals surface area contributed by atoms with Crippen LogP contribution in [0.1, 0.15) is 12.0 Å². The quantitative estimate of drug-likeness (QED) is 0.550. The van der Waals surface area contributed by atoms with Gasteiger partial charge in [0.1, 0.15) is 0 Å². The largest absolute Gasteiger partial charge is 0.369 e. The van der Waals surface area contributed by atoms with Crippen molar-refractivity contribution in [1.82, 2.24) is 25.6 Å². The molecule has 1 aromatic heterocycles. The van der Waals surface area contributed by atoms with Gasteiger partial charge in [-0.2, -0.15) is 0 Å². The van der Waals surface area contributed by atoms with E-state index in [4.69, 9.17) is 11.5 Å². The molecule has 26 heavy (non-hydrogen) atoms. The molecular formula is C18H22N8. The van der Waals surface area contributed by atoms with E-state index in [2.05, 4.69) is 39.4 Å². The molecule has 0 spiro atoms. The maximum Gasteiger partial charge on any atom is 0.200 e. The summed E-state index contributed by atoms with van der Waals surface area (Å²) in [4.78, 5) is 4.56. The average molecular weight is 350 g/mol. The highest BCUT2D eigenvalue weighted by molar-refractivity contribution is 6.07. The third-order valence-corrected chi connectivity index (χ3v) is 4.59. The predicted molar refractivity (Wildman–Crippen MR) is 104 cm³/mol. The number of nitrogen functional groups attached to an aromatic ring is 1. The molecule has 134 valence electrons. The number of benzene rings is 2. The summed E-state index contributed by atoms with van der Waals surface area (Å²) in [6, 6.07) is 14.3. The average Bonchev–Trinajstić information content (AvgIpc) is 3.25. The van der Waals surface area contributed by atoms with Crippen LogP contribution in [0.2, 0.25) is 0 Å². The molecule has 0 amide bonds. The number of nitrogens with zero attached hydrogens (tertiary/aromatic N) is 4. The minimum absolute atomic E-state index is 0.496. The first-order valence-corrected chi connectivity index (χ1v) is 8.57. The summed E-state index contributed by atoms with van der Waals surface area (Å²) in [6.45, 7) is 1.39. The highest BCUT2D eigenvalue weighted by Crippen LogP contribution is 2.32. The molecule has 6 N–H and O–H groups in total. The van der Waals surface area contributed by atoms with Crippen LogP contribution in [0.5, 0.6) is 0 Å². The van der Waals surface area contributed by atoms with Gasteiger partial charge in [0, 0.05) is 24.7 Å². The first-order chi connectivity index (χ1) is 12.7. The van der Waals surface area contributed by atoms with Gasteiger partial charge in [-0.1, -0.05) is 36.4 Å². The van der Waals surface area contributed by atoms with Gasteiger partial charge in [0.25, 0.3) is 0 Å². The monoisotopic (exact) mass is 350 g/mol. The fourth-order valence-corrected chi connectivity index (χ4v) is 3.23. The van der Waals surface area contributed by atoms with Gasteiger partial charge in [-0.15, -0.1) is 10.6 Å². The van der Waals surface area contributed by atoms with Crippen molar-refractivity contribution in [3.8, 4) is 11.1 Å². The van der Waals surface area contributed by atoms with Crippen molar-refractivity contribution in [2.45, 2.75) is 6.42 Å². The van der Waals surface area contributed by atoms with Crippen molar-refractivity contribution in [3.05, 3.63) is 48.0 Å². The van der Waals surface area contributed by atoms with E-state index in [0.717, 1.165) is 46.5 Å². The van der Waals surface area contributed by atoms with E-state index in [9.17, 15) is 0 Å². The van der Waals surface area contributed by atoms with Gasteiger partial charge in [0.15, 0.2) is 5.84 Å². The van der Waals surface area contributed by atoms with E-state index in [1.165, 1.54) is 0 Å². The fourth-order valence-electron chi connectivity index (χ4n) is 3.23. The summed E-state index contributed by atoms with van der Waals surface area (Å²) in [5, 5.41) is 6.39. The Bertz CT molecular complexity index is 974. The molecule has 4 rings (SSSR count). The van der Waals surface area contributed by atoms with Crippen molar-refractivity contribution in [2.24, 2.45) is 17.9 Å².